The van der Waals surface area contributed by atoms with Crippen molar-refractivity contribution >= 4 is 23.4 Å². The molecule has 0 saturated carbocycles. The summed E-state index contributed by atoms with van der Waals surface area (Å²) in [5.74, 6) is 0.955. The van der Waals surface area contributed by atoms with E-state index in [1.807, 2.05) is 11.9 Å². The van der Waals surface area contributed by atoms with Gasteiger partial charge in [-0.15, -0.1) is 0 Å². The van der Waals surface area contributed by atoms with Gasteiger partial charge in [0.1, 0.15) is 5.82 Å². The van der Waals surface area contributed by atoms with E-state index >= 15 is 0 Å². The minimum atomic E-state index is 0.00180. The largest absolute Gasteiger partial charge is 0.340 e. The molecule has 0 bridgehead atoms. The number of aromatic nitrogens is 1. The Labute approximate surface area is 127 Å². The van der Waals surface area contributed by atoms with Crippen molar-refractivity contribution in [2.24, 2.45) is 10.5 Å². The molecule has 0 radical (unpaired) electrons. The van der Waals surface area contributed by atoms with E-state index in [9.17, 15) is 0 Å². The van der Waals surface area contributed by atoms with Crippen molar-refractivity contribution in [1.82, 2.24) is 4.98 Å². The number of allylic oxidation sites excluding steroid dienone is 2. The van der Waals surface area contributed by atoms with E-state index < -0.39 is 0 Å². The third-order valence-electron chi connectivity index (χ3n) is 3.72. The number of fused-ring (bicyclic) bond motifs is 1. The first-order chi connectivity index (χ1) is 9.90. The molecule has 0 unspecified atom stereocenters. The van der Waals surface area contributed by atoms with Crippen LogP contribution in [-0.4, -0.2) is 11.7 Å². The van der Waals surface area contributed by atoms with E-state index in [1.54, 1.807) is 0 Å². The van der Waals surface area contributed by atoms with Crippen LogP contribution in [0.1, 0.15) is 40.2 Å². The predicted octanol–water partition coefficient (Wildman–Crippen LogP) is 5.10. The minimum Gasteiger partial charge on any atom is -0.340 e. The Balaban J connectivity index is 2.50. The summed E-state index contributed by atoms with van der Waals surface area (Å²) in [6.45, 7) is 14.5. The summed E-state index contributed by atoms with van der Waals surface area (Å²) in [6.07, 6.45) is 3.14. The Morgan fingerprint density at radius 1 is 1.33 bits per heavy atom. The quantitative estimate of drug-likeness (QED) is 0.614. The van der Waals surface area contributed by atoms with Gasteiger partial charge in [0.2, 0.25) is 0 Å². The second-order valence-corrected chi connectivity index (χ2v) is 6.31. The maximum atomic E-state index is 4.22. The Kier molecular flexibility index (Phi) is 4.21. The molecule has 0 amide bonds. The van der Waals surface area contributed by atoms with Crippen LogP contribution in [0.3, 0.4) is 0 Å². The fourth-order valence-electron chi connectivity index (χ4n) is 2.66. The molecule has 1 aromatic carbocycles. The summed E-state index contributed by atoms with van der Waals surface area (Å²) in [5.41, 5.74) is 3.59. The number of hydrogen-bond acceptors (Lipinski definition) is 2. The molecule has 2 aromatic rings. The summed E-state index contributed by atoms with van der Waals surface area (Å²) >= 11 is 0. The Hall–Kier alpha value is -2.03. The Bertz CT molecular complexity index is 671. The van der Waals surface area contributed by atoms with Crippen LogP contribution in [0.25, 0.3) is 10.9 Å². The summed E-state index contributed by atoms with van der Waals surface area (Å²) in [6, 6.07) is 8.65. The smallest absolute Gasteiger partial charge is 0.132 e. The number of aromatic amines is 1. The third-order valence-corrected chi connectivity index (χ3v) is 3.72. The molecule has 112 valence electrons. The summed E-state index contributed by atoms with van der Waals surface area (Å²) in [7, 11) is 0. The highest BCUT2D eigenvalue weighted by molar-refractivity contribution is 5.85. The van der Waals surface area contributed by atoms with Gasteiger partial charge in [-0.3, -0.25) is 0 Å². The van der Waals surface area contributed by atoms with Crippen LogP contribution in [0, 0.1) is 5.41 Å². The number of rotatable bonds is 4. The molecular formula is C18H25N3. The highest BCUT2D eigenvalue weighted by Crippen LogP contribution is 2.33. The van der Waals surface area contributed by atoms with Crippen molar-refractivity contribution in [2.75, 3.05) is 5.01 Å². The normalized spacial score (nSPS) is 12.7. The monoisotopic (exact) mass is 283 g/mol. The van der Waals surface area contributed by atoms with Gasteiger partial charge in [-0.1, -0.05) is 39.8 Å². The lowest BCUT2D eigenvalue weighted by Gasteiger charge is -2.30. The number of aryl methyl sites for hydroxylation is 1. The number of hydrazone groups is 1. The zero-order chi connectivity index (χ0) is 15.6. The van der Waals surface area contributed by atoms with Gasteiger partial charge in [0, 0.05) is 28.7 Å². The molecule has 1 N–H and O–H groups in total. The van der Waals surface area contributed by atoms with Gasteiger partial charge in [0.15, 0.2) is 0 Å². The lowest BCUT2D eigenvalue weighted by molar-refractivity contribution is 0.483. The topological polar surface area (TPSA) is 31.4 Å². The zero-order valence-electron chi connectivity index (χ0n) is 13.7. The van der Waals surface area contributed by atoms with Crippen molar-refractivity contribution in [3.63, 3.8) is 0 Å². The molecular weight excluding hydrogens is 258 g/mol. The molecule has 0 fully saturated rings. The minimum absolute atomic E-state index is 0.00180. The van der Waals surface area contributed by atoms with Crippen LogP contribution >= 0.6 is 0 Å². The van der Waals surface area contributed by atoms with E-state index in [1.165, 1.54) is 10.9 Å². The van der Waals surface area contributed by atoms with Crippen LogP contribution in [0.5, 0.6) is 0 Å². The van der Waals surface area contributed by atoms with Crippen LogP contribution in [0.2, 0.25) is 0 Å². The van der Waals surface area contributed by atoms with Gasteiger partial charge in [0.05, 0.1) is 0 Å². The van der Waals surface area contributed by atoms with Crippen molar-refractivity contribution in [2.45, 2.75) is 41.0 Å². The predicted molar refractivity (Wildman–Crippen MR) is 92.9 cm³/mol. The molecule has 0 saturated heterocycles. The second kappa shape index (κ2) is 5.76. The standard InChI is InChI=1S/C18H25N3/c1-7-13-9-10-15-14(11-13)12-17(20-15)21(19-6)16(8-2)18(3,4)5/h8-12,20H,6-7H2,1-5H3/b16-8-. The molecule has 0 aliphatic carbocycles. The molecule has 3 nitrogen and oxygen atoms in total. The van der Waals surface area contributed by atoms with Gasteiger partial charge >= 0.3 is 0 Å². The number of nitrogens with zero attached hydrogens (tertiary/aromatic N) is 2. The van der Waals surface area contributed by atoms with Crippen LogP contribution < -0.4 is 5.01 Å². The summed E-state index contributed by atoms with van der Waals surface area (Å²) < 4.78 is 0. The van der Waals surface area contributed by atoms with Gasteiger partial charge in [-0.25, -0.2) is 5.01 Å². The van der Waals surface area contributed by atoms with Crippen molar-refractivity contribution in [1.29, 1.82) is 0 Å². The molecule has 0 aliphatic rings. The van der Waals surface area contributed by atoms with Gasteiger partial charge in [0.25, 0.3) is 0 Å². The van der Waals surface area contributed by atoms with Gasteiger partial charge in [-0.05, 0) is 37.1 Å². The van der Waals surface area contributed by atoms with E-state index in [4.69, 9.17) is 0 Å². The summed E-state index contributed by atoms with van der Waals surface area (Å²) in [4.78, 5) is 3.44. The van der Waals surface area contributed by atoms with Crippen LogP contribution in [-0.2, 0) is 6.42 Å². The number of nitrogens with one attached hydrogen (secondary N) is 1. The lowest BCUT2D eigenvalue weighted by atomic mass is 9.91. The molecule has 0 aliphatic heterocycles. The molecule has 0 atom stereocenters. The first kappa shape index (κ1) is 15.4. The van der Waals surface area contributed by atoms with Gasteiger partial charge < -0.3 is 4.98 Å². The maximum Gasteiger partial charge on any atom is 0.132 e. The van der Waals surface area contributed by atoms with Crippen LogP contribution in [0.15, 0.2) is 41.1 Å². The highest BCUT2D eigenvalue weighted by atomic mass is 15.5. The average molecular weight is 283 g/mol. The van der Waals surface area contributed by atoms with E-state index in [0.29, 0.717) is 0 Å². The van der Waals surface area contributed by atoms with E-state index in [-0.39, 0.29) is 5.41 Å². The average Bonchev–Trinajstić information content (AvgIpc) is 2.85. The fourth-order valence-corrected chi connectivity index (χ4v) is 2.66. The molecule has 0 spiro atoms. The molecule has 2 rings (SSSR count). The Morgan fingerprint density at radius 2 is 2.05 bits per heavy atom. The first-order valence-corrected chi connectivity index (χ1v) is 7.46. The third kappa shape index (κ3) is 3.02. The number of benzene rings is 1. The molecule has 3 heteroatoms. The lowest BCUT2D eigenvalue weighted by Crippen LogP contribution is -2.25. The molecule has 1 aromatic heterocycles. The van der Waals surface area contributed by atoms with Crippen molar-refractivity contribution < 1.29 is 0 Å². The van der Waals surface area contributed by atoms with E-state index in [0.717, 1.165) is 23.5 Å². The van der Waals surface area contributed by atoms with Gasteiger partial charge in [-0.2, -0.15) is 5.10 Å². The maximum absolute atomic E-state index is 4.22. The number of anilines is 1. The van der Waals surface area contributed by atoms with Crippen molar-refractivity contribution in [3.8, 4) is 0 Å². The molecule has 1 heterocycles. The van der Waals surface area contributed by atoms with Crippen LogP contribution in [0.4, 0.5) is 5.82 Å². The first-order valence-electron chi connectivity index (χ1n) is 7.46. The summed E-state index contributed by atoms with van der Waals surface area (Å²) in [5, 5.41) is 7.32. The number of H-pyrrole nitrogens is 1. The fraction of sp³-hybridized carbons (Fsp3) is 0.389. The van der Waals surface area contributed by atoms with E-state index in [2.05, 4.69) is 74.8 Å². The SMILES string of the molecule is C=NN(/C(=C\C)C(C)(C)C)c1cc2cc(CC)ccc2[nH]1. The highest BCUT2D eigenvalue weighted by Gasteiger charge is 2.24. The second-order valence-electron chi connectivity index (χ2n) is 6.31. The Morgan fingerprint density at radius 3 is 2.57 bits per heavy atom. The van der Waals surface area contributed by atoms with Crippen molar-refractivity contribution in [3.05, 3.63) is 41.6 Å². The molecule has 21 heavy (non-hydrogen) atoms. The number of hydrogen-bond donors (Lipinski definition) is 1. The zero-order valence-corrected chi connectivity index (χ0v) is 13.7.